The van der Waals surface area contributed by atoms with Gasteiger partial charge < -0.3 is 0 Å². The first kappa shape index (κ1) is 19.4. The molecule has 0 amide bonds. The van der Waals surface area contributed by atoms with E-state index >= 15 is 0 Å². The van der Waals surface area contributed by atoms with E-state index in [2.05, 4.69) is 27.1 Å². The van der Waals surface area contributed by atoms with Gasteiger partial charge in [-0.1, -0.05) is 36.2 Å². The molecule has 0 unspecified atom stereocenters. The molecule has 0 saturated heterocycles. The summed E-state index contributed by atoms with van der Waals surface area (Å²) in [6.07, 6.45) is 6.21. The molecular formula is C20H23ClN4O2S. The van der Waals surface area contributed by atoms with Gasteiger partial charge in [-0.2, -0.15) is 0 Å². The van der Waals surface area contributed by atoms with Gasteiger partial charge in [-0.3, -0.25) is 4.40 Å². The predicted octanol–water partition coefficient (Wildman–Crippen LogP) is 3.64. The second kappa shape index (κ2) is 6.54. The van der Waals surface area contributed by atoms with Crippen molar-refractivity contribution in [3.8, 4) is 0 Å². The van der Waals surface area contributed by atoms with E-state index < -0.39 is 15.6 Å². The SMILES string of the molecule is CC(C)(NS(C)(=O)=O)c1cccn2c(C3(c4ccc(Cl)cc4)CCC3)nnc12. The van der Waals surface area contributed by atoms with Gasteiger partial charge in [0.2, 0.25) is 10.0 Å². The van der Waals surface area contributed by atoms with Gasteiger partial charge in [-0.25, -0.2) is 13.1 Å². The van der Waals surface area contributed by atoms with E-state index in [1.807, 2.05) is 48.7 Å². The van der Waals surface area contributed by atoms with Crippen LogP contribution in [0, 0.1) is 0 Å². The molecule has 0 spiro atoms. The number of fused-ring (bicyclic) bond motifs is 1. The van der Waals surface area contributed by atoms with Crippen molar-refractivity contribution in [1.29, 1.82) is 0 Å². The highest BCUT2D eigenvalue weighted by molar-refractivity contribution is 7.88. The van der Waals surface area contributed by atoms with E-state index in [1.165, 1.54) is 5.56 Å². The summed E-state index contributed by atoms with van der Waals surface area (Å²) in [7, 11) is -3.38. The fraction of sp³-hybridized carbons (Fsp3) is 0.400. The Hall–Kier alpha value is -1.96. The number of hydrogen-bond donors (Lipinski definition) is 1. The smallest absolute Gasteiger partial charge is 0.209 e. The summed E-state index contributed by atoms with van der Waals surface area (Å²) in [5.41, 5.74) is 1.62. The molecule has 8 heteroatoms. The second-order valence-corrected chi connectivity index (χ2v) is 10.3. The van der Waals surface area contributed by atoms with Crippen molar-refractivity contribution in [2.24, 2.45) is 0 Å². The number of rotatable bonds is 5. The topological polar surface area (TPSA) is 76.4 Å². The highest BCUT2D eigenvalue weighted by atomic mass is 35.5. The Morgan fingerprint density at radius 2 is 1.82 bits per heavy atom. The minimum atomic E-state index is -3.38. The predicted molar refractivity (Wildman–Crippen MR) is 110 cm³/mol. The lowest BCUT2D eigenvalue weighted by Crippen LogP contribution is -2.40. The molecule has 6 nitrogen and oxygen atoms in total. The van der Waals surface area contributed by atoms with Gasteiger partial charge in [-0.15, -0.1) is 10.2 Å². The second-order valence-electron chi connectivity index (χ2n) is 8.08. The zero-order valence-corrected chi connectivity index (χ0v) is 17.7. The van der Waals surface area contributed by atoms with Crippen molar-refractivity contribution in [3.05, 3.63) is 64.6 Å². The van der Waals surface area contributed by atoms with Crippen LogP contribution in [0.15, 0.2) is 42.6 Å². The van der Waals surface area contributed by atoms with Gasteiger partial charge in [0.05, 0.1) is 17.2 Å². The molecule has 1 N–H and O–H groups in total. The van der Waals surface area contributed by atoms with Gasteiger partial charge in [0.15, 0.2) is 5.65 Å². The Labute approximate surface area is 170 Å². The number of aromatic nitrogens is 3. The molecule has 1 fully saturated rings. The lowest BCUT2D eigenvalue weighted by molar-refractivity contribution is 0.283. The third-order valence-corrected chi connectivity index (χ3v) is 6.71. The molecule has 148 valence electrons. The molecule has 1 saturated carbocycles. The van der Waals surface area contributed by atoms with Crippen LogP contribution in [-0.2, 0) is 21.0 Å². The quantitative estimate of drug-likeness (QED) is 0.686. The van der Waals surface area contributed by atoms with E-state index in [1.54, 1.807) is 0 Å². The van der Waals surface area contributed by atoms with Crippen LogP contribution < -0.4 is 4.72 Å². The zero-order valence-electron chi connectivity index (χ0n) is 16.1. The first-order chi connectivity index (χ1) is 13.1. The summed E-state index contributed by atoms with van der Waals surface area (Å²) in [6, 6.07) is 11.7. The lowest BCUT2D eigenvalue weighted by Gasteiger charge is -2.41. The summed E-state index contributed by atoms with van der Waals surface area (Å²) in [5, 5.41) is 9.73. The van der Waals surface area contributed by atoms with Crippen molar-refractivity contribution >= 4 is 27.3 Å². The molecule has 0 bridgehead atoms. The number of nitrogens with zero attached hydrogens (tertiary/aromatic N) is 3. The molecule has 0 radical (unpaired) electrons. The van der Waals surface area contributed by atoms with Crippen LogP contribution in [0.4, 0.5) is 0 Å². The third kappa shape index (κ3) is 3.21. The fourth-order valence-corrected chi connectivity index (χ4v) is 5.35. The fourth-order valence-electron chi connectivity index (χ4n) is 4.19. The van der Waals surface area contributed by atoms with Crippen LogP contribution in [0.5, 0.6) is 0 Å². The molecule has 2 aromatic heterocycles. The maximum atomic E-state index is 11.8. The van der Waals surface area contributed by atoms with Crippen molar-refractivity contribution in [2.75, 3.05) is 6.26 Å². The molecule has 2 heterocycles. The molecule has 0 aliphatic heterocycles. The normalized spacial score (nSPS) is 16.9. The van der Waals surface area contributed by atoms with Crippen LogP contribution in [0.3, 0.4) is 0 Å². The number of benzene rings is 1. The van der Waals surface area contributed by atoms with Crippen LogP contribution in [-0.4, -0.2) is 29.3 Å². The van der Waals surface area contributed by atoms with Gasteiger partial charge >= 0.3 is 0 Å². The van der Waals surface area contributed by atoms with Gasteiger partial charge in [-0.05, 0) is 50.5 Å². The first-order valence-corrected chi connectivity index (χ1v) is 11.5. The average Bonchev–Trinajstić information content (AvgIpc) is 2.98. The van der Waals surface area contributed by atoms with Crippen LogP contribution in [0.1, 0.15) is 50.1 Å². The highest BCUT2D eigenvalue weighted by Gasteiger charge is 2.44. The highest BCUT2D eigenvalue weighted by Crippen LogP contribution is 2.48. The van der Waals surface area contributed by atoms with Gasteiger partial charge in [0.25, 0.3) is 0 Å². The molecule has 1 aromatic carbocycles. The molecule has 3 aromatic rings. The number of hydrogen-bond acceptors (Lipinski definition) is 4. The summed E-state index contributed by atoms with van der Waals surface area (Å²) in [5.74, 6) is 0.882. The van der Waals surface area contributed by atoms with Crippen LogP contribution in [0.2, 0.25) is 5.02 Å². The maximum Gasteiger partial charge on any atom is 0.209 e. The van der Waals surface area contributed by atoms with Crippen LogP contribution >= 0.6 is 11.6 Å². The number of pyridine rings is 1. The zero-order chi connectivity index (χ0) is 20.2. The lowest BCUT2D eigenvalue weighted by atomic mass is 9.64. The van der Waals surface area contributed by atoms with Gasteiger partial charge in [0, 0.05) is 16.8 Å². The molecule has 28 heavy (non-hydrogen) atoms. The Morgan fingerprint density at radius 1 is 1.14 bits per heavy atom. The molecule has 1 aliphatic carbocycles. The van der Waals surface area contributed by atoms with Crippen LogP contribution in [0.25, 0.3) is 5.65 Å². The Morgan fingerprint density at radius 3 is 2.39 bits per heavy atom. The monoisotopic (exact) mass is 418 g/mol. The Balaban J connectivity index is 1.86. The van der Waals surface area contributed by atoms with E-state index in [0.29, 0.717) is 10.7 Å². The molecule has 0 atom stereocenters. The maximum absolute atomic E-state index is 11.8. The van der Waals surface area contributed by atoms with E-state index in [0.717, 1.165) is 36.9 Å². The molecule has 4 rings (SSSR count). The molecular weight excluding hydrogens is 396 g/mol. The van der Waals surface area contributed by atoms with Crippen molar-refractivity contribution in [1.82, 2.24) is 19.3 Å². The minimum Gasteiger partial charge on any atom is -0.285 e. The number of sulfonamides is 1. The van der Waals surface area contributed by atoms with Crippen molar-refractivity contribution in [3.63, 3.8) is 0 Å². The first-order valence-electron chi connectivity index (χ1n) is 9.22. The Kier molecular flexibility index (Phi) is 4.52. The Bertz CT molecular complexity index is 1130. The van der Waals surface area contributed by atoms with E-state index in [4.69, 9.17) is 11.6 Å². The molecule has 1 aliphatic rings. The summed E-state index contributed by atoms with van der Waals surface area (Å²) >= 11 is 6.08. The van der Waals surface area contributed by atoms with Gasteiger partial charge in [0.1, 0.15) is 5.82 Å². The summed E-state index contributed by atoms with van der Waals surface area (Å²) in [4.78, 5) is 0. The third-order valence-electron chi connectivity index (χ3n) is 5.58. The largest absolute Gasteiger partial charge is 0.285 e. The average molecular weight is 419 g/mol. The van der Waals surface area contributed by atoms with E-state index in [9.17, 15) is 8.42 Å². The standard InChI is InChI=1S/C20H23ClN4O2S/c1-19(2,24-28(3,26)27)16-6-4-13-25-17(16)22-23-18(25)20(11-5-12-20)14-7-9-15(21)10-8-14/h4,6-10,13,24H,5,11-12H2,1-3H3. The van der Waals surface area contributed by atoms with Crippen molar-refractivity contribution in [2.45, 2.75) is 44.1 Å². The number of nitrogens with one attached hydrogen (secondary N) is 1. The summed E-state index contributed by atoms with van der Waals surface area (Å²) in [6.45, 7) is 3.66. The summed E-state index contributed by atoms with van der Waals surface area (Å²) < 4.78 is 28.3. The number of halogens is 1. The van der Waals surface area contributed by atoms with Crippen molar-refractivity contribution < 1.29 is 8.42 Å². The van der Waals surface area contributed by atoms with E-state index in [-0.39, 0.29) is 5.41 Å². The minimum absolute atomic E-state index is 0.197.